The molecule has 0 aliphatic carbocycles. The molecule has 0 bridgehead atoms. The van der Waals surface area contributed by atoms with E-state index in [-0.39, 0.29) is 4.91 Å². The molecule has 0 aromatic rings. The van der Waals surface area contributed by atoms with E-state index in [1.165, 1.54) is 0 Å². The molecule has 0 unspecified atom stereocenters. The first kappa shape index (κ1) is 7.23. The van der Waals surface area contributed by atoms with Gasteiger partial charge in [0, 0.05) is 4.91 Å². The highest BCUT2D eigenvalue weighted by molar-refractivity contribution is 8.17. The number of allylic oxidation sites excluding steroid dienone is 1. The molecule has 0 rings (SSSR count). The molecule has 0 aromatic heterocycles. The molecule has 0 radical (unpaired) electrons. The molecule has 0 heterocycles. The van der Waals surface area contributed by atoms with Crippen molar-refractivity contribution in [3.8, 4) is 0 Å². The Morgan fingerprint density at radius 1 is 1.75 bits per heavy atom. The summed E-state index contributed by atoms with van der Waals surface area (Å²) in [5.74, 6) is 0. The zero-order chi connectivity index (χ0) is 6.57. The van der Waals surface area contributed by atoms with Gasteiger partial charge in [-0.25, -0.2) is 0 Å². The Kier molecular flexibility index (Phi) is 2.95. The minimum atomic E-state index is -0.609. The average Bonchev–Trinajstić information content (AvgIpc) is 1.65. The molecule has 8 heavy (non-hydrogen) atoms. The number of aldehydes is 1. The monoisotopic (exact) mass is 131 g/mol. The predicted molar refractivity (Wildman–Crippen MR) is 32.4 cm³/mol. The van der Waals surface area contributed by atoms with Gasteiger partial charge in [-0.1, -0.05) is 6.58 Å². The van der Waals surface area contributed by atoms with Crippen molar-refractivity contribution < 1.29 is 9.59 Å². The molecule has 2 N–H and O–H groups in total. The van der Waals surface area contributed by atoms with Crippen LogP contribution >= 0.6 is 11.8 Å². The van der Waals surface area contributed by atoms with Gasteiger partial charge < -0.3 is 5.73 Å². The maximum atomic E-state index is 9.93. The maximum Gasteiger partial charge on any atom is 0.281 e. The van der Waals surface area contributed by atoms with Gasteiger partial charge in [0.1, 0.15) is 0 Å². The second-order valence-electron chi connectivity index (χ2n) is 1.01. The molecular weight excluding hydrogens is 126 g/mol. The highest BCUT2D eigenvalue weighted by Gasteiger charge is 1.95. The van der Waals surface area contributed by atoms with Gasteiger partial charge in [-0.2, -0.15) is 0 Å². The molecule has 4 heteroatoms. The normalized spacial score (nSPS) is 8.00. The van der Waals surface area contributed by atoms with Crippen LogP contribution in [0.15, 0.2) is 11.5 Å². The van der Waals surface area contributed by atoms with Crippen LogP contribution in [0.1, 0.15) is 0 Å². The minimum Gasteiger partial charge on any atom is -0.360 e. The van der Waals surface area contributed by atoms with E-state index < -0.39 is 5.24 Å². The molecular formula is C4H5NO2S. The van der Waals surface area contributed by atoms with E-state index in [0.717, 1.165) is 0 Å². The maximum absolute atomic E-state index is 9.93. The molecule has 3 nitrogen and oxygen atoms in total. The van der Waals surface area contributed by atoms with Gasteiger partial charge in [0.25, 0.3) is 5.24 Å². The van der Waals surface area contributed by atoms with Crippen LogP contribution in [0.3, 0.4) is 0 Å². The van der Waals surface area contributed by atoms with E-state index in [4.69, 9.17) is 0 Å². The number of nitrogens with two attached hydrogens (primary N) is 1. The summed E-state index contributed by atoms with van der Waals surface area (Å²) in [6, 6.07) is 0. The smallest absolute Gasteiger partial charge is 0.281 e. The molecule has 1 amide bonds. The first-order chi connectivity index (χ1) is 3.66. The number of carbonyl (C=O) groups excluding carboxylic acids is 2. The van der Waals surface area contributed by atoms with Crippen molar-refractivity contribution in [1.82, 2.24) is 0 Å². The lowest BCUT2D eigenvalue weighted by Gasteiger charge is -1.86. The van der Waals surface area contributed by atoms with Crippen LogP contribution in [-0.4, -0.2) is 11.5 Å². The van der Waals surface area contributed by atoms with Crippen molar-refractivity contribution in [2.45, 2.75) is 0 Å². The summed E-state index contributed by atoms with van der Waals surface area (Å²) in [5, 5.41) is -0.609. The second kappa shape index (κ2) is 3.26. The number of hydrogen-bond donors (Lipinski definition) is 1. The Morgan fingerprint density at radius 2 is 2.25 bits per heavy atom. The van der Waals surface area contributed by atoms with Crippen molar-refractivity contribution in [3.63, 3.8) is 0 Å². The molecule has 0 saturated carbocycles. The SMILES string of the molecule is C=C(C=O)SC(N)=O. The summed E-state index contributed by atoms with van der Waals surface area (Å²) >= 11 is 0.631. The highest BCUT2D eigenvalue weighted by Crippen LogP contribution is 2.08. The van der Waals surface area contributed by atoms with Crippen LogP contribution in [-0.2, 0) is 4.79 Å². The molecule has 0 aromatic carbocycles. The van der Waals surface area contributed by atoms with Gasteiger partial charge in [0.15, 0.2) is 6.29 Å². The molecule has 0 atom stereocenters. The molecule has 0 fully saturated rings. The van der Waals surface area contributed by atoms with Gasteiger partial charge in [-0.05, 0) is 11.8 Å². The van der Waals surface area contributed by atoms with Crippen molar-refractivity contribution in [2.75, 3.05) is 0 Å². The molecule has 44 valence electrons. The minimum absolute atomic E-state index is 0.137. The van der Waals surface area contributed by atoms with Crippen molar-refractivity contribution >= 4 is 23.3 Å². The summed E-state index contributed by atoms with van der Waals surface area (Å²) < 4.78 is 0. The number of amides is 1. The lowest BCUT2D eigenvalue weighted by molar-refractivity contribution is -0.104. The largest absolute Gasteiger partial charge is 0.360 e. The summed E-state index contributed by atoms with van der Waals surface area (Å²) in [4.78, 5) is 19.8. The Balaban J connectivity index is 3.55. The van der Waals surface area contributed by atoms with Crippen molar-refractivity contribution in [3.05, 3.63) is 11.5 Å². The first-order valence-corrected chi connectivity index (χ1v) is 2.60. The predicted octanol–water partition coefficient (Wildman–Crippen LogP) is 0.511. The Hall–Kier alpha value is -0.770. The Labute approximate surface area is 50.9 Å². The van der Waals surface area contributed by atoms with Gasteiger partial charge in [-0.3, -0.25) is 9.59 Å². The second-order valence-corrected chi connectivity index (χ2v) is 2.14. The van der Waals surface area contributed by atoms with Gasteiger partial charge in [0.2, 0.25) is 0 Å². The summed E-state index contributed by atoms with van der Waals surface area (Å²) in [6.07, 6.45) is 0.482. The fourth-order valence-electron chi connectivity index (χ4n) is 0.153. The zero-order valence-corrected chi connectivity index (χ0v) is 4.90. The fourth-order valence-corrected chi connectivity index (χ4v) is 0.460. The average molecular weight is 131 g/mol. The number of primary amides is 1. The quantitative estimate of drug-likeness (QED) is 0.438. The third-order valence-corrected chi connectivity index (χ3v) is 0.923. The van der Waals surface area contributed by atoms with Gasteiger partial charge >= 0.3 is 0 Å². The van der Waals surface area contributed by atoms with Crippen LogP contribution in [0.5, 0.6) is 0 Å². The van der Waals surface area contributed by atoms with E-state index in [9.17, 15) is 9.59 Å². The summed E-state index contributed by atoms with van der Waals surface area (Å²) in [6.45, 7) is 3.21. The number of rotatable bonds is 2. The molecule has 0 saturated heterocycles. The Morgan fingerprint density at radius 3 is 2.38 bits per heavy atom. The van der Waals surface area contributed by atoms with Crippen molar-refractivity contribution in [2.24, 2.45) is 5.73 Å². The summed E-state index contributed by atoms with van der Waals surface area (Å²) in [7, 11) is 0. The van der Waals surface area contributed by atoms with E-state index in [1.54, 1.807) is 0 Å². The first-order valence-electron chi connectivity index (χ1n) is 1.78. The van der Waals surface area contributed by atoms with Gasteiger partial charge in [-0.15, -0.1) is 0 Å². The van der Waals surface area contributed by atoms with Crippen LogP contribution in [0, 0.1) is 0 Å². The molecule has 0 aliphatic rings. The van der Waals surface area contributed by atoms with Crippen LogP contribution < -0.4 is 5.73 Å². The molecule has 0 aliphatic heterocycles. The highest BCUT2D eigenvalue weighted by atomic mass is 32.2. The zero-order valence-electron chi connectivity index (χ0n) is 4.09. The summed E-state index contributed by atoms with van der Waals surface area (Å²) in [5.41, 5.74) is 4.67. The van der Waals surface area contributed by atoms with Gasteiger partial charge in [0.05, 0.1) is 0 Å². The standard InChI is InChI=1S/C4H5NO2S/c1-3(2-6)8-4(5)7/h2H,1H2,(H2,5,7). The van der Waals surface area contributed by atoms with E-state index in [2.05, 4.69) is 12.3 Å². The lowest BCUT2D eigenvalue weighted by Crippen LogP contribution is -2.02. The van der Waals surface area contributed by atoms with Crippen molar-refractivity contribution in [1.29, 1.82) is 0 Å². The van der Waals surface area contributed by atoms with E-state index in [0.29, 0.717) is 18.0 Å². The van der Waals surface area contributed by atoms with Crippen LogP contribution in [0.25, 0.3) is 0 Å². The number of thioether (sulfide) groups is 1. The van der Waals surface area contributed by atoms with E-state index in [1.807, 2.05) is 0 Å². The topological polar surface area (TPSA) is 60.2 Å². The Bertz CT molecular complexity index is 132. The number of hydrogen-bond acceptors (Lipinski definition) is 3. The van der Waals surface area contributed by atoms with Crippen LogP contribution in [0.2, 0.25) is 0 Å². The third kappa shape index (κ3) is 3.42. The molecule has 0 spiro atoms. The number of carbonyl (C=O) groups is 2. The lowest BCUT2D eigenvalue weighted by atomic mass is 10.7. The van der Waals surface area contributed by atoms with Crippen LogP contribution in [0.4, 0.5) is 4.79 Å². The van der Waals surface area contributed by atoms with E-state index >= 15 is 0 Å². The fraction of sp³-hybridized carbons (Fsp3) is 0. The third-order valence-electron chi connectivity index (χ3n) is 0.363.